The molecule has 1 heterocycles. The summed E-state index contributed by atoms with van der Waals surface area (Å²) in [6, 6.07) is 13.6. The molecule has 0 unspecified atom stereocenters. The molecule has 0 amide bonds. The van der Waals surface area contributed by atoms with Crippen LogP contribution >= 0.6 is 0 Å². The largest absolute Gasteiger partial charge is 0.507 e. The first kappa shape index (κ1) is 15.0. The van der Waals surface area contributed by atoms with Gasteiger partial charge in [0.1, 0.15) is 5.75 Å². The third-order valence-electron chi connectivity index (χ3n) is 3.94. The average molecular weight is 307 g/mol. The Balaban J connectivity index is 2.13. The quantitative estimate of drug-likeness (QED) is 0.766. The number of aromatic hydroxyl groups is 1. The summed E-state index contributed by atoms with van der Waals surface area (Å²) in [4.78, 5) is 15.2. The molecule has 2 aromatic carbocycles. The number of phenols is 1. The van der Waals surface area contributed by atoms with Crippen LogP contribution in [0.15, 0.2) is 48.7 Å². The van der Waals surface area contributed by atoms with Crippen LogP contribution in [-0.2, 0) is 11.2 Å². The molecule has 0 spiro atoms. The second-order valence-electron chi connectivity index (χ2n) is 5.57. The summed E-state index contributed by atoms with van der Waals surface area (Å²) in [7, 11) is 0. The second kappa shape index (κ2) is 6.08. The molecule has 0 aliphatic rings. The maximum Gasteiger partial charge on any atom is 0.303 e. The minimum atomic E-state index is -0.873. The van der Waals surface area contributed by atoms with Crippen LogP contribution in [0.25, 0.3) is 22.0 Å². The molecular weight excluding hydrogens is 290 g/mol. The van der Waals surface area contributed by atoms with Crippen LogP contribution in [0.1, 0.15) is 17.5 Å². The van der Waals surface area contributed by atoms with Crippen molar-refractivity contribution in [3.63, 3.8) is 0 Å². The van der Waals surface area contributed by atoms with Crippen LogP contribution in [0.2, 0.25) is 0 Å². The molecule has 0 fully saturated rings. The molecule has 0 atom stereocenters. The Hall–Kier alpha value is -2.88. The van der Waals surface area contributed by atoms with Crippen molar-refractivity contribution >= 4 is 16.9 Å². The average Bonchev–Trinajstić information content (AvgIpc) is 2.55. The molecule has 0 radical (unpaired) electrons. The number of phenolic OH excluding ortho intramolecular Hbond substituents is 1. The lowest BCUT2D eigenvalue weighted by molar-refractivity contribution is -0.136. The minimum Gasteiger partial charge on any atom is -0.507 e. The fraction of sp³-hybridized carbons (Fsp3) is 0.158. The summed E-state index contributed by atoms with van der Waals surface area (Å²) >= 11 is 0. The van der Waals surface area contributed by atoms with Gasteiger partial charge in [0.05, 0.1) is 5.52 Å². The van der Waals surface area contributed by atoms with Crippen LogP contribution in [0, 0.1) is 6.92 Å². The highest BCUT2D eigenvalue weighted by molar-refractivity contribution is 5.94. The monoisotopic (exact) mass is 307 g/mol. The predicted molar refractivity (Wildman–Crippen MR) is 89.5 cm³/mol. The van der Waals surface area contributed by atoms with Gasteiger partial charge in [-0.15, -0.1) is 0 Å². The topological polar surface area (TPSA) is 70.4 Å². The first-order chi connectivity index (χ1) is 11.1. The Bertz CT molecular complexity index is 882. The van der Waals surface area contributed by atoms with E-state index in [-0.39, 0.29) is 12.2 Å². The van der Waals surface area contributed by atoms with E-state index < -0.39 is 5.97 Å². The number of rotatable bonds is 4. The Morgan fingerprint density at radius 2 is 2.00 bits per heavy atom. The number of hydrogen-bond donors (Lipinski definition) is 2. The molecule has 0 bridgehead atoms. The number of carboxylic acids is 1. The Labute approximate surface area is 134 Å². The Kier molecular flexibility index (Phi) is 3.98. The highest BCUT2D eigenvalue weighted by Crippen LogP contribution is 2.33. The zero-order valence-corrected chi connectivity index (χ0v) is 12.8. The van der Waals surface area contributed by atoms with Crippen molar-refractivity contribution in [2.45, 2.75) is 19.8 Å². The van der Waals surface area contributed by atoms with Gasteiger partial charge in [0.25, 0.3) is 0 Å². The van der Waals surface area contributed by atoms with Gasteiger partial charge in [-0.2, -0.15) is 0 Å². The molecule has 1 aromatic heterocycles. The Morgan fingerprint density at radius 1 is 1.17 bits per heavy atom. The minimum absolute atomic E-state index is 0.00640. The van der Waals surface area contributed by atoms with Crippen LogP contribution < -0.4 is 0 Å². The van der Waals surface area contributed by atoms with E-state index in [2.05, 4.69) is 4.98 Å². The number of nitrogens with zero attached hydrogens (tertiary/aromatic N) is 1. The highest BCUT2D eigenvalue weighted by atomic mass is 16.4. The summed E-state index contributed by atoms with van der Waals surface area (Å²) in [6.45, 7) is 1.83. The number of benzene rings is 2. The summed E-state index contributed by atoms with van der Waals surface area (Å²) in [5, 5.41) is 20.1. The molecule has 116 valence electrons. The summed E-state index contributed by atoms with van der Waals surface area (Å²) in [6.07, 6.45) is 2.05. The van der Waals surface area contributed by atoms with E-state index in [1.807, 2.05) is 49.4 Å². The van der Waals surface area contributed by atoms with E-state index >= 15 is 0 Å². The lowest BCUT2D eigenvalue weighted by Gasteiger charge is -2.12. The van der Waals surface area contributed by atoms with Gasteiger partial charge in [-0.1, -0.05) is 18.2 Å². The normalized spacial score (nSPS) is 10.8. The van der Waals surface area contributed by atoms with Crippen LogP contribution in [-0.4, -0.2) is 21.2 Å². The summed E-state index contributed by atoms with van der Waals surface area (Å²) in [5.41, 5.74) is 4.28. The molecule has 0 saturated carbocycles. The lowest BCUT2D eigenvalue weighted by atomic mass is 9.95. The number of aromatic nitrogens is 1. The number of aliphatic carboxylic acids is 1. The standard InChI is InChI=1S/C19H17NO3/c1-12-10-14(11-13(19(12)23)7-8-18(21)22)15-4-2-6-17-16(15)5-3-9-20-17/h2-6,9-11,23H,7-8H2,1H3,(H,21,22). The third-order valence-corrected chi connectivity index (χ3v) is 3.94. The van der Waals surface area contributed by atoms with Crippen molar-refractivity contribution in [1.82, 2.24) is 4.98 Å². The van der Waals surface area contributed by atoms with E-state index in [1.54, 1.807) is 6.20 Å². The van der Waals surface area contributed by atoms with Crippen molar-refractivity contribution in [2.75, 3.05) is 0 Å². The van der Waals surface area contributed by atoms with Gasteiger partial charge in [0, 0.05) is 18.0 Å². The molecule has 4 heteroatoms. The van der Waals surface area contributed by atoms with Gasteiger partial charge in [-0.3, -0.25) is 9.78 Å². The molecule has 0 aliphatic carbocycles. The van der Waals surface area contributed by atoms with E-state index in [4.69, 9.17) is 5.11 Å². The van der Waals surface area contributed by atoms with E-state index in [0.29, 0.717) is 12.0 Å². The van der Waals surface area contributed by atoms with Crippen molar-refractivity contribution < 1.29 is 15.0 Å². The predicted octanol–water partition coefficient (Wildman–Crippen LogP) is 3.93. The fourth-order valence-electron chi connectivity index (χ4n) is 2.80. The number of carbonyl (C=O) groups is 1. The number of hydrogen-bond acceptors (Lipinski definition) is 3. The van der Waals surface area contributed by atoms with Crippen molar-refractivity contribution in [2.24, 2.45) is 0 Å². The number of carboxylic acid groups (broad SMARTS) is 1. The van der Waals surface area contributed by atoms with Gasteiger partial charge in [0.15, 0.2) is 0 Å². The van der Waals surface area contributed by atoms with Gasteiger partial charge in [-0.05, 0) is 59.9 Å². The first-order valence-corrected chi connectivity index (χ1v) is 7.44. The zero-order valence-electron chi connectivity index (χ0n) is 12.8. The summed E-state index contributed by atoms with van der Waals surface area (Å²) in [5.74, 6) is -0.699. The molecule has 23 heavy (non-hydrogen) atoms. The van der Waals surface area contributed by atoms with Crippen molar-refractivity contribution in [3.8, 4) is 16.9 Å². The van der Waals surface area contributed by atoms with E-state index in [1.165, 1.54) is 0 Å². The van der Waals surface area contributed by atoms with E-state index in [9.17, 15) is 9.90 Å². The van der Waals surface area contributed by atoms with Gasteiger partial charge < -0.3 is 10.2 Å². The van der Waals surface area contributed by atoms with Crippen LogP contribution in [0.4, 0.5) is 0 Å². The van der Waals surface area contributed by atoms with Crippen molar-refractivity contribution in [1.29, 1.82) is 0 Å². The molecular formula is C19H17NO3. The SMILES string of the molecule is Cc1cc(-c2cccc3ncccc23)cc(CCC(=O)O)c1O. The van der Waals surface area contributed by atoms with Gasteiger partial charge in [-0.25, -0.2) is 0 Å². The molecule has 3 rings (SSSR count). The number of pyridine rings is 1. The van der Waals surface area contributed by atoms with Crippen LogP contribution in [0.3, 0.4) is 0 Å². The summed E-state index contributed by atoms with van der Waals surface area (Å²) < 4.78 is 0. The van der Waals surface area contributed by atoms with Crippen molar-refractivity contribution in [3.05, 3.63) is 59.8 Å². The first-order valence-electron chi connectivity index (χ1n) is 7.44. The van der Waals surface area contributed by atoms with Gasteiger partial charge >= 0.3 is 5.97 Å². The highest BCUT2D eigenvalue weighted by Gasteiger charge is 2.12. The maximum atomic E-state index is 10.8. The van der Waals surface area contributed by atoms with Gasteiger partial charge in [0.2, 0.25) is 0 Å². The molecule has 4 nitrogen and oxygen atoms in total. The maximum absolute atomic E-state index is 10.8. The third kappa shape index (κ3) is 3.01. The van der Waals surface area contributed by atoms with Crippen LogP contribution in [0.5, 0.6) is 5.75 Å². The molecule has 2 N–H and O–H groups in total. The smallest absolute Gasteiger partial charge is 0.303 e. The Morgan fingerprint density at radius 3 is 2.78 bits per heavy atom. The molecule has 0 aliphatic heterocycles. The fourth-order valence-corrected chi connectivity index (χ4v) is 2.80. The number of fused-ring (bicyclic) bond motifs is 1. The second-order valence-corrected chi connectivity index (χ2v) is 5.57. The molecule has 0 saturated heterocycles. The molecule has 3 aromatic rings. The number of aryl methyl sites for hydroxylation is 2. The van der Waals surface area contributed by atoms with E-state index in [0.717, 1.165) is 27.6 Å². The zero-order chi connectivity index (χ0) is 16.4. The lowest BCUT2D eigenvalue weighted by Crippen LogP contribution is -1.99.